The van der Waals surface area contributed by atoms with Crippen molar-refractivity contribution in [2.75, 3.05) is 33.3 Å². The molecule has 5 nitrogen and oxygen atoms in total. The molecule has 1 N–H and O–H groups in total. The van der Waals surface area contributed by atoms with Gasteiger partial charge in [0.05, 0.1) is 13.0 Å². The van der Waals surface area contributed by atoms with Crippen molar-refractivity contribution < 1.29 is 9.53 Å². The minimum Gasteiger partial charge on any atom is -0.469 e. The Labute approximate surface area is 170 Å². The number of esters is 1. The third kappa shape index (κ3) is 7.31. The van der Waals surface area contributed by atoms with Crippen LogP contribution in [-0.2, 0) is 9.53 Å². The molecule has 0 aromatic rings. The monoisotopic (exact) mass is 465 g/mol. The number of hydrogen-bond donors (Lipinski definition) is 1. The zero-order valence-electron chi connectivity index (χ0n) is 16.1. The predicted molar refractivity (Wildman–Crippen MR) is 113 cm³/mol. The molecule has 1 saturated heterocycles. The van der Waals surface area contributed by atoms with Gasteiger partial charge >= 0.3 is 5.97 Å². The van der Waals surface area contributed by atoms with Crippen molar-refractivity contribution in [1.29, 1.82) is 0 Å². The number of guanidine groups is 1. The zero-order chi connectivity index (χ0) is 17.4. The first kappa shape index (κ1) is 22.5. The number of aliphatic imine (C=N–C) groups is 1. The molecule has 1 aliphatic carbocycles. The van der Waals surface area contributed by atoms with E-state index in [9.17, 15) is 4.79 Å². The molecule has 0 amide bonds. The molecular weight excluding hydrogens is 429 g/mol. The molecule has 0 aromatic heterocycles. The van der Waals surface area contributed by atoms with E-state index in [2.05, 4.69) is 24.1 Å². The highest BCUT2D eigenvalue weighted by atomic mass is 127. The predicted octanol–water partition coefficient (Wildman–Crippen LogP) is 3.67. The van der Waals surface area contributed by atoms with Crippen LogP contribution < -0.4 is 5.32 Å². The number of piperidine rings is 1. The molecule has 0 spiro atoms. The number of nitrogens with one attached hydrogen (secondary N) is 1. The molecule has 2 fully saturated rings. The molecule has 1 saturated carbocycles. The SMILES string of the molecule is CCNC(=NCCC1CCCC(C)C1)N1CCC(C(=O)OC)CC1.I. The van der Waals surface area contributed by atoms with E-state index < -0.39 is 0 Å². The maximum Gasteiger partial charge on any atom is 0.308 e. The molecule has 6 heteroatoms. The summed E-state index contributed by atoms with van der Waals surface area (Å²) in [7, 11) is 1.48. The number of rotatable bonds is 5. The summed E-state index contributed by atoms with van der Waals surface area (Å²) >= 11 is 0. The summed E-state index contributed by atoms with van der Waals surface area (Å²) in [5.74, 6) is 2.74. The summed E-state index contributed by atoms with van der Waals surface area (Å²) in [4.78, 5) is 18.8. The van der Waals surface area contributed by atoms with Crippen molar-refractivity contribution in [2.45, 2.75) is 58.8 Å². The highest BCUT2D eigenvalue weighted by molar-refractivity contribution is 14.0. The van der Waals surface area contributed by atoms with Gasteiger partial charge < -0.3 is 15.0 Å². The Kier molecular flexibility index (Phi) is 10.8. The Balaban J connectivity index is 0.00000312. The quantitative estimate of drug-likeness (QED) is 0.292. The number of nitrogens with zero attached hydrogens (tertiary/aromatic N) is 2. The van der Waals surface area contributed by atoms with Crippen LogP contribution in [-0.4, -0.2) is 50.1 Å². The van der Waals surface area contributed by atoms with Gasteiger partial charge in [0.2, 0.25) is 0 Å². The van der Waals surface area contributed by atoms with E-state index in [1.807, 2.05) is 0 Å². The lowest BCUT2D eigenvalue weighted by atomic mass is 9.81. The average molecular weight is 465 g/mol. The number of hydrogen-bond acceptors (Lipinski definition) is 3. The van der Waals surface area contributed by atoms with E-state index in [0.717, 1.165) is 56.8 Å². The van der Waals surface area contributed by atoms with Gasteiger partial charge in [-0.15, -0.1) is 24.0 Å². The average Bonchev–Trinajstić information content (AvgIpc) is 2.60. The van der Waals surface area contributed by atoms with Crippen LogP contribution in [0.5, 0.6) is 0 Å². The molecule has 2 unspecified atom stereocenters. The zero-order valence-corrected chi connectivity index (χ0v) is 18.5. The fourth-order valence-corrected chi connectivity index (χ4v) is 4.09. The second-order valence-corrected chi connectivity index (χ2v) is 7.45. The third-order valence-electron chi connectivity index (χ3n) is 5.51. The Morgan fingerprint density at radius 2 is 1.96 bits per heavy atom. The molecule has 2 atom stereocenters. The topological polar surface area (TPSA) is 53.9 Å². The van der Waals surface area contributed by atoms with E-state index in [4.69, 9.17) is 9.73 Å². The summed E-state index contributed by atoms with van der Waals surface area (Å²) in [6, 6.07) is 0. The molecule has 2 aliphatic rings. The van der Waals surface area contributed by atoms with Crippen molar-refractivity contribution in [2.24, 2.45) is 22.7 Å². The van der Waals surface area contributed by atoms with Crippen LogP contribution >= 0.6 is 24.0 Å². The number of likely N-dealkylation sites (tertiary alicyclic amines) is 1. The van der Waals surface area contributed by atoms with Crippen LogP contribution in [0.2, 0.25) is 0 Å². The normalized spacial score (nSPS) is 25.2. The Bertz CT molecular complexity index is 423. The van der Waals surface area contributed by atoms with Gasteiger partial charge in [-0.1, -0.05) is 26.2 Å². The lowest BCUT2D eigenvalue weighted by molar-refractivity contribution is -0.146. The molecule has 0 bridgehead atoms. The molecule has 25 heavy (non-hydrogen) atoms. The first-order valence-electron chi connectivity index (χ1n) is 9.75. The molecular formula is C19H36IN3O2. The van der Waals surface area contributed by atoms with Crippen molar-refractivity contribution in [3.8, 4) is 0 Å². The highest BCUT2D eigenvalue weighted by Gasteiger charge is 2.27. The fourth-order valence-electron chi connectivity index (χ4n) is 4.09. The molecule has 146 valence electrons. The van der Waals surface area contributed by atoms with Crippen LogP contribution in [0.25, 0.3) is 0 Å². The number of carbonyl (C=O) groups excluding carboxylic acids is 1. The van der Waals surface area contributed by atoms with Crippen LogP contribution in [0.15, 0.2) is 4.99 Å². The maximum atomic E-state index is 11.7. The summed E-state index contributed by atoms with van der Waals surface area (Å²) in [6.07, 6.45) is 8.46. The number of ether oxygens (including phenoxy) is 1. The van der Waals surface area contributed by atoms with Gasteiger partial charge in [0.1, 0.15) is 0 Å². The first-order chi connectivity index (χ1) is 11.6. The van der Waals surface area contributed by atoms with E-state index in [-0.39, 0.29) is 35.9 Å². The van der Waals surface area contributed by atoms with Gasteiger partial charge in [0, 0.05) is 26.2 Å². The van der Waals surface area contributed by atoms with Gasteiger partial charge in [-0.25, -0.2) is 0 Å². The molecule has 1 aliphatic heterocycles. The van der Waals surface area contributed by atoms with Crippen molar-refractivity contribution >= 4 is 35.9 Å². The molecule has 2 rings (SSSR count). The molecule has 1 heterocycles. The Morgan fingerprint density at radius 3 is 2.56 bits per heavy atom. The largest absolute Gasteiger partial charge is 0.469 e. The fraction of sp³-hybridized carbons (Fsp3) is 0.895. The van der Waals surface area contributed by atoms with Crippen molar-refractivity contribution in [3.05, 3.63) is 0 Å². The maximum absolute atomic E-state index is 11.7. The Morgan fingerprint density at radius 1 is 1.24 bits per heavy atom. The number of methoxy groups -OCH3 is 1. The second-order valence-electron chi connectivity index (χ2n) is 7.45. The highest BCUT2D eigenvalue weighted by Crippen LogP contribution is 2.30. The van der Waals surface area contributed by atoms with Crippen LogP contribution in [0.3, 0.4) is 0 Å². The van der Waals surface area contributed by atoms with Gasteiger partial charge in [0.25, 0.3) is 0 Å². The van der Waals surface area contributed by atoms with Crippen LogP contribution in [0.1, 0.15) is 58.8 Å². The van der Waals surface area contributed by atoms with E-state index in [0.29, 0.717) is 0 Å². The van der Waals surface area contributed by atoms with Gasteiger partial charge in [0.15, 0.2) is 5.96 Å². The summed E-state index contributed by atoms with van der Waals surface area (Å²) in [5, 5.41) is 3.42. The van der Waals surface area contributed by atoms with E-state index >= 15 is 0 Å². The summed E-state index contributed by atoms with van der Waals surface area (Å²) < 4.78 is 4.87. The smallest absolute Gasteiger partial charge is 0.308 e. The number of halogens is 1. The second kappa shape index (κ2) is 12.0. The third-order valence-corrected chi connectivity index (χ3v) is 5.51. The van der Waals surface area contributed by atoms with Crippen molar-refractivity contribution in [3.63, 3.8) is 0 Å². The standard InChI is InChI=1S/C19H35N3O2.HI/c1-4-20-19(21-11-8-16-7-5-6-15(2)14-16)22-12-9-17(10-13-22)18(23)24-3;/h15-17H,4-14H2,1-3H3,(H,20,21);1H. The van der Waals surface area contributed by atoms with E-state index in [1.165, 1.54) is 39.2 Å². The van der Waals surface area contributed by atoms with E-state index in [1.54, 1.807) is 0 Å². The summed E-state index contributed by atoms with van der Waals surface area (Å²) in [6.45, 7) is 8.05. The minimum absolute atomic E-state index is 0. The Hall–Kier alpha value is -0.530. The summed E-state index contributed by atoms with van der Waals surface area (Å²) in [5.41, 5.74) is 0. The first-order valence-corrected chi connectivity index (χ1v) is 9.75. The van der Waals surface area contributed by atoms with Gasteiger partial charge in [-0.3, -0.25) is 9.79 Å². The van der Waals surface area contributed by atoms with Gasteiger partial charge in [-0.05, 0) is 44.4 Å². The number of carbonyl (C=O) groups is 1. The van der Waals surface area contributed by atoms with Crippen LogP contribution in [0.4, 0.5) is 0 Å². The molecule has 0 radical (unpaired) electrons. The van der Waals surface area contributed by atoms with Crippen molar-refractivity contribution in [1.82, 2.24) is 10.2 Å². The minimum atomic E-state index is -0.0667. The van der Waals surface area contributed by atoms with Crippen LogP contribution in [0, 0.1) is 17.8 Å². The lowest BCUT2D eigenvalue weighted by Crippen LogP contribution is -2.46. The lowest BCUT2D eigenvalue weighted by Gasteiger charge is -2.33. The van der Waals surface area contributed by atoms with Gasteiger partial charge in [-0.2, -0.15) is 0 Å². The molecule has 0 aromatic carbocycles.